The molecule has 20 heavy (non-hydrogen) atoms. The number of aliphatic carboxylic acids is 1. The fraction of sp³-hybridized carbons (Fsp3) is 0.857. The Hall–Kier alpha value is -1.14. The summed E-state index contributed by atoms with van der Waals surface area (Å²) in [5.41, 5.74) is 5.48. The normalized spacial score (nSPS) is 20.9. The predicted octanol–water partition coefficient (Wildman–Crippen LogP) is 0.624. The van der Waals surface area contributed by atoms with Gasteiger partial charge in [0.15, 0.2) is 0 Å². The molecule has 1 unspecified atom stereocenters. The van der Waals surface area contributed by atoms with Gasteiger partial charge in [-0.05, 0) is 19.3 Å². The lowest BCUT2D eigenvalue weighted by atomic mass is 9.84. The van der Waals surface area contributed by atoms with Crippen LogP contribution in [0.15, 0.2) is 0 Å². The summed E-state index contributed by atoms with van der Waals surface area (Å²) in [5, 5.41) is 21.3. The van der Waals surface area contributed by atoms with Crippen LogP contribution < -0.4 is 11.1 Å². The second-order valence-electron chi connectivity index (χ2n) is 5.81. The number of aliphatic hydroxyl groups is 1. The topological polar surface area (TPSA) is 113 Å². The van der Waals surface area contributed by atoms with E-state index in [-0.39, 0.29) is 0 Å². The summed E-state index contributed by atoms with van der Waals surface area (Å²) in [6.45, 7) is 1.72. The summed E-state index contributed by atoms with van der Waals surface area (Å²) in [7, 11) is 0. The Morgan fingerprint density at radius 3 is 2.45 bits per heavy atom. The van der Waals surface area contributed by atoms with E-state index < -0.39 is 36.5 Å². The van der Waals surface area contributed by atoms with Gasteiger partial charge in [0.1, 0.15) is 0 Å². The zero-order valence-corrected chi connectivity index (χ0v) is 12.0. The first kappa shape index (κ1) is 16.9. The van der Waals surface area contributed by atoms with Crippen LogP contribution in [0.3, 0.4) is 0 Å². The van der Waals surface area contributed by atoms with E-state index in [4.69, 9.17) is 10.8 Å². The Morgan fingerprint density at radius 1 is 1.30 bits per heavy atom. The lowest BCUT2D eigenvalue weighted by Crippen LogP contribution is -2.49. The van der Waals surface area contributed by atoms with Crippen molar-refractivity contribution in [1.29, 1.82) is 0 Å². The maximum Gasteiger partial charge on any atom is 0.305 e. The molecule has 6 nitrogen and oxygen atoms in total. The Kier molecular flexibility index (Phi) is 6.95. The maximum atomic E-state index is 11.7. The first-order chi connectivity index (χ1) is 9.40. The molecule has 116 valence electrons. The van der Waals surface area contributed by atoms with Crippen molar-refractivity contribution < 1.29 is 19.8 Å². The van der Waals surface area contributed by atoms with Gasteiger partial charge in [-0.3, -0.25) is 9.59 Å². The number of carboxylic acids is 1. The number of rotatable bonds is 7. The molecule has 0 radical (unpaired) electrons. The molecule has 1 fully saturated rings. The summed E-state index contributed by atoms with van der Waals surface area (Å²) < 4.78 is 0. The molecule has 0 aromatic heterocycles. The molecule has 0 aromatic rings. The second kappa shape index (κ2) is 8.21. The third-order valence-corrected chi connectivity index (χ3v) is 3.98. The van der Waals surface area contributed by atoms with E-state index in [9.17, 15) is 14.7 Å². The minimum absolute atomic E-state index is 0.405. The van der Waals surface area contributed by atoms with Crippen molar-refractivity contribution in [2.45, 2.75) is 70.1 Å². The van der Waals surface area contributed by atoms with Gasteiger partial charge in [0.2, 0.25) is 5.91 Å². The molecular weight excluding hydrogens is 260 g/mol. The molecule has 5 N–H and O–H groups in total. The summed E-state index contributed by atoms with van der Waals surface area (Å²) in [6, 6.07) is -1.49. The number of carbonyl (C=O) groups excluding carboxylic acids is 1. The quantitative estimate of drug-likeness (QED) is 0.548. The van der Waals surface area contributed by atoms with E-state index in [0.29, 0.717) is 12.3 Å². The van der Waals surface area contributed by atoms with Crippen molar-refractivity contribution in [2.75, 3.05) is 0 Å². The van der Waals surface area contributed by atoms with Crippen LogP contribution in [-0.4, -0.2) is 40.3 Å². The Morgan fingerprint density at radius 2 is 1.90 bits per heavy atom. The molecule has 3 atom stereocenters. The number of carboxylic acid groups (broad SMARTS) is 1. The fourth-order valence-electron chi connectivity index (χ4n) is 2.68. The van der Waals surface area contributed by atoms with Crippen molar-refractivity contribution in [3.8, 4) is 0 Å². The monoisotopic (exact) mass is 286 g/mol. The predicted molar refractivity (Wildman–Crippen MR) is 75.0 cm³/mol. The van der Waals surface area contributed by atoms with Gasteiger partial charge in [0.25, 0.3) is 0 Å². The van der Waals surface area contributed by atoms with Crippen LogP contribution in [0.2, 0.25) is 0 Å². The van der Waals surface area contributed by atoms with Gasteiger partial charge in [-0.25, -0.2) is 0 Å². The number of nitrogens with one attached hydrogen (secondary N) is 1. The largest absolute Gasteiger partial charge is 0.481 e. The number of amides is 1. The summed E-state index contributed by atoms with van der Waals surface area (Å²) in [5.74, 6) is -1.11. The molecule has 1 aliphatic rings. The van der Waals surface area contributed by atoms with Crippen LogP contribution in [0.25, 0.3) is 0 Å². The summed E-state index contributed by atoms with van der Waals surface area (Å²) in [4.78, 5) is 22.2. The van der Waals surface area contributed by atoms with E-state index in [2.05, 4.69) is 5.32 Å². The van der Waals surface area contributed by atoms with Gasteiger partial charge in [0.05, 0.1) is 24.6 Å². The fourth-order valence-corrected chi connectivity index (χ4v) is 2.68. The summed E-state index contributed by atoms with van der Waals surface area (Å²) >= 11 is 0. The van der Waals surface area contributed by atoms with Gasteiger partial charge in [-0.2, -0.15) is 0 Å². The molecule has 1 aliphatic carbocycles. The molecule has 0 saturated heterocycles. The smallest absolute Gasteiger partial charge is 0.305 e. The van der Waals surface area contributed by atoms with Crippen LogP contribution in [0.5, 0.6) is 0 Å². The average Bonchev–Trinajstić information content (AvgIpc) is 2.38. The number of aliphatic hydroxyl groups excluding tert-OH is 1. The van der Waals surface area contributed by atoms with Crippen LogP contribution in [-0.2, 0) is 9.59 Å². The van der Waals surface area contributed by atoms with Crippen molar-refractivity contribution in [2.24, 2.45) is 11.7 Å². The summed E-state index contributed by atoms with van der Waals surface area (Å²) in [6.07, 6.45) is 5.62. The first-order valence-corrected chi connectivity index (χ1v) is 7.36. The molecule has 6 heteroatoms. The molecule has 0 aromatic carbocycles. The molecule has 1 rings (SSSR count). The van der Waals surface area contributed by atoms with E-state index in [1.54, 1.807) is 6.92 Å². The molecule has 1 saturated carbocycles. The molecular formula is C14H26N2O4. The Bertz CT molecular complexity index is 329. The van der Waals surface area contributed by atoms with Crippen molar-refractivity contribution in [1.82, 2.24) is 5.32 Å². The van der Waals surface area contributed by atoms with Gasteiger partial charge in [0, 0.05) is 0 Å². The van der Waals surface area contributed by atoms with Gasteiger partial charge >= 0.3 is 5.97 Å². The second-order valence-corrected chi connectivity index (χ2v) is 5.81. The van der Waals surface area contributed by atoms with Crippen LogP contribution in [0, 0.1) is 5.92 Å². The van der Waals surface area contributed by atoms with Crippen molar-refractivity contribution >= 4 is 11.9 Å². The SMILES string of the molecule is C[C@@H](NC(=O)[C@@H](N)CC(=O)O)C(O)CC1CCCCC1. The minimum Gasteiger partial charge on any atom is -0.481 e. The molecule has 0 heterocycles. The van der Waals surface area contributed by atoms with Crippen molar-refractivity contribution in [3.05, 3.63) is 0 Å². The molecule has 0 aliphatic heterocycles. The third kappa shape index (κ3) is 5.88. The van der Waals surface area contributed by atoms with Crippen LogP contribution >= 0.6 is 0 Å². The maximum absolute atomic E-state index is 11.7. The van der Waals surface area contributed by atoms with E-state index in [1.807, 2.05) is 0 Å². The number of hydrogen-bond acceptors (Lipinski definition) is 4. The van der Waals surface area contributed by atoms with Crippen molar-refractivity contribution in [3.63, 3.8) is 0 Å². The Labute approximate surface area is 119 Å². The lowest BCUT2D eigenvalue weighted by molar-refractivity contribution is -0.139. The zero-order chi connectivity index (χ0) is 15.1. The average molecular weight is 286 g/mol. The van der Waals surface area contributed by atoms with E-state index in [1.165, 1.54) is 19.3 Å². The number of carbonyl (C=O) groups is 2. The highest BCUT2D eigenvalue weighted by Crippen LogP contribution is 2.27. The minimum atomic E-state index is -1.11. The zero-order valence-electron chi connectivity index (χ0n) is 12.0. The Balaban J connectivity index is 2.34. The molecule has 0 spiro atoms. The van der Waals surface area contributed by atoms with Gasteiger partial charge < -0.3 is 21.3 Å². The lowest BCUT2D eigenvalue weighted by Gasteiger charge is -2.27. The number of hydrogen-bond donors (Lipinski definition) is 4. The van der Waals surface area contributed by atoms with Crippen LogP contribution in [0.1, 0.15) is 51.9 Å². The molecule has 0 bridgehead atoms. The highest BCUT2D eigenvalue weighted by atomic mass is 16.4. The molecule has 1 amide bonds. The van der Waals surface area contributed by atoms with E-state index >= 15 is 0 Å². The van der Waals surface area contributed by atoms with Gasteiger partial charge in [-0.1, -0.05) is 32.1 Å². The number of nitrogens with two attached hydrogens (primary N) is 1. The highest BCUT2D eigenvalue weighted by Gasteiger charge is 2.25. The standard InChI is InChI=1S/C14H26N2O4/c1-9(16-14(20)11(15)8-13(18)19)12(17)7-10-5-3-2-4-6-10/h9-12,17H,2-8,15H2,1H3,(H,16,20)(H,18,19)/t9-,11+,12?/m1/s1. The highest BCUT2D eigenvalue weighted by molar-refractivity contribution is 5.86. The first-order valence-electron chi connectivity index (χ1n) is 7.36. The van der Waals surface area contributed by atoms with Crippen LogP contribution in [0.4, 0.5) is 0 Å². The third-order valence-electron chi connectivity index (χ3n) is 3.98. The van der Waals surface area contributed by atoms with E-state index in [0.717, 1.165) is 12.8 Å². The van der Waals surface area contributed by atoms with Gasteiger partial charge in [-0.15, -0.1) is 0 Å².